The van der Waals surface area contributed by atoms with E-state index in [-0.39, 0.29) is 18.9 Å². The highest BCUT2D eigenvalue weighted by atomic mass is 16.8. The minimum Gasteiger partial charge on any atom is -0.394 e. The number of unbranched alkanes of at least 4 members (excludes halogenated alkanes) is 47. The molecule has 12 N–H and O–H groups in total. The van der Waals surface area contributed by atoms with Crippen LogP contribution in [0.1, 0.15) is 354 Å². The Kier molecular flexibility index (Phi) is 60.4. The van der Waals surface area contributed by atoms with Gasteiger partial charge in [0, 0.05) is 6.42 Å². The zero-order valence-corrected chi connectivity index (χ0v) is 65.5. The number of hydrogen-bond acceptors (Lipinski definition) is 18. The van der Waals surface area contributed by atoms with Crippen molar-refractivity contribution in [3.63, 3.8) is 0 Å². The molecule has 3 heterocycles. The van der Waals surface area contributed by atoms with Crippen LogP contribution >= 0.6 is 0 Å². The maximum Gasteiger partial charge on any atom is 0.220 e. The van der Waals surface area contributed by atoms with Gasteiger partial charge in [-0.25, -0.2) is 0 Å². The van der Waals surface area contributed by atoms with Crippen molar-refractivity contribution in [1.82, 2.24) is 5.32 Å². The number of allylic oxidation sites excluding steroid dienone is 7. The Labute approximate surface area is 631 Å². The van der Waals surface area contributed by atoms with Gasteiger partial charge in [0.2, 0.25) is 5.91 Å². The summed E-state index contributed by atoms with van der Waals surface area (Å²) in [6.07, 6.45) is 56.7. The Hall–Kier alpha value is -2.25. The molecule has 19 nitrogen and oxygen atoms in total. The molecule has 0 aromatic heterocycles. The smallest absolute Gasteiger partial charge is 0.220 e. The SMILES string of the molecule is CCCCCCC/C=C\C/C=C\C/C=C\CCCCCCCCCCCCCCCCC(=O)NC(COC1OC(CO)C(OC2OC(CO)C(OC3OC(CO)C(O)C(O)C3O)C(O)C2O)C(O)C1O)C(O)/C=C/CCCCCCCCCCCCCCCCCCCCCCCCCCCCCC. The maximum absolute atomic E-state index is 13.5. The number of rotatable bonds is 69. The fraction of sp³-hybridized carbons (Fsp3) is 0.894. The van der Waals surface area contributed by atoms with Crippen molar-refractivity contribution in [1.29, 1.82) is 0 Å². The third-order valence-corrected chi connectivity index (χ3v) is 21.4. The number of carbonyl (C=O) groups excluding carboxylic acids is 1. The molecule has 1 amide bonds. The van der Waals surface area contributed by atoms with Crippen LogP contribution in [0.2, 0.25) is 0 Å². The van der Waals surface area contributed by atoms with Gasteiger partial charge in [-0.1, -0.05) is 339 Å². The molecule has 17 atom stereocenters. The molecule has 0 bridgehead atoms. The Morgan fingerprint density at radius 1 is 0.346 bits per heavy atom. The lowest BCUT2D eigenvalue weighted by molar-refractivity contribution is -0.379. The van der Waals surface area contributed by atoms with Crippen molar-refractivity contribution in [2.75, 3.05) is 26.4 Å². The lowest BCUT2D eigenvalue weighted by Gasteiger charge is -2.48. The van der Waals surface area contributed by atoms with Gasteiger partial charge in [0.25, 0.3) is 0 Å². The van der Waals surface area contributed by atoms with Crippen LogP contribution < -0.4 is 5.32 Å². The van der Waals surface area contributed by atoms with Crippen LogP contribution in [0.5, 0.6) is 0 Å². The van der Waals surface area contributed by atoms with Crippen molar-refractivity contribution < 1.29 is 89.4 Å². The molecule has 0 aliphatic carbocycles. The molecule has 3 saturated heterocycles. The summed E-state index contributed by atoms with van der Waals surface area (Å²) in [5.74, 6) is -0.272. The molecule has 0 radical (unpaired) electrons. The van der Waals surface area contributed by atoms with Crippen molar-refractivity contribution >= 4 is 5.91 Å². The van der Waals surface area contributed by atoms with Crippen LogP contribution in [0.4, 0.5) is 0 Å². The molecular formula is C85H157NO18. The van der Waals surface area contributed by atoms with Gasteiger partial charge >= 0.3 is 0 Å². The van der Waals surface area contributed by atoms with Gasteiger partial charge in [-0.15, -0.1) is 0 Å². The van der Waals surface area contributed by atoms with Gasteiger partial charge < -0.3 is 89.9 Å². The first kappa shape index (κ1) is 96.0. The van der Waals surface area contributed by atoms with Gasteiger partial charge in [0.15, 0.2) is 18.9 Å². The van der Waals surface area contributed by atoms with Gasteiger partial charge in [-0.2, -0.15) is 0 Å². The number of aliphatic hydroxyl groups excluding tert-OH is 11. The normalized spacial score (nSPS) is 26.1. The van der Waals surface area contributed by atoms with Crippen LogP contribution in [-0.4, -0.2) is 193 Å². The summed E-state index contributed by atoms with van der Waals surface area (Å²) in [5.41, 5.74) is 0. The Bertz CT molecular complexity index is 2060. The van der Waals surface area contributed by atoms with Gasteiger partial charge in [-0.05, 0) is 57.8 Å². The summed E-state index contributed by atoms with van der Waals surface area (Å²) in [4.78, 5) is 13.5. The van der Waals surface area contributed by atoms with Crippen molar-refractivity contribution in [2.24, 2.45) is 0 Å². The van der Waals surface area contributed by atoms with Crippen LogP contribution in [0.15, 0.2) is 48.6 Å². The number of aliphatic hydroxyl groups is 11. The van der Waals surface area contributed by atoms with E-state index in [9.17, 15) is 61.0 Å². The molecule has 3 aliphatic rings. The van der Waals surface area contributed by atoms with Crippen molar-refractivity contribution in [3.05, 3.63) is 48.6 Å². The molecule has 3 aliphatic heterocycles. The fourth-order valence-corrected chi connectivity index (χ4v) is 14.5. The van der Waals surface area contributed by atoms with Crippen LogP contribution in [0.25, 0.3) is 0 Å². The molecule has 0 spiro atoms. The fourth-order valence-electron chi connectivity index (χ4n) is 14.5. The topological polar surface area (TPSA) is 307 Å². The second kappa shape index (κ2) is 65.5. The van der Waals surface area contributed by atoms with Gasteiger partial charge in [0.1, 0.15) is 73.2 Å². The molecule has 3 fully saturated rings. The summed E-state index contributed by atoms with van der Waals surface area (Å²) >= 11 is 0. The van der Waals surface area contributed by atoms with Gasteiger partial charge in [0.05, 0.1) is 38.6 Å². The molecule has 3 rings (SSSR count). The van der Waals surface area contributed by atoms with Crippen molar-refractivity contribution in [3.8, 4) is 0 Å². The Morgan fingerprint density at radius 2 is 0.635 bits per heavy atom. The van der Waals surface area contributed by atoms with E-state index in [1.165, 1.54) is 270 Å². The highest BCUT2D eigenvalue weighted by Gasteiger charge is 2.54. The second-order valence-corrected chi connectivity index (χ2v) is 30.6. The third kappa shape index (κ3) is 44.6. The van der Waals surface area contributed by atoms with Crippen LogP contribution in [0.3, 0.4) is 0 Å². The zero-order valence-electron chi connectivity index (χ0n) is 65.5. The Morgan fingerprint density at radius 3 is 0.990 bits per heavy atom. The second-order valence-electron chi connectivity index (χ2n) is 30.6. The summed E-state index contributed by atoms with van der Waals surface area (Å²) in [6.45, 7) is 1.78. The van der Waals surface area contributed by atoms with E-state index in [1.54, 1.807) is 6.08 Å². The zero-order chi connectivity index (χ0) is 75.3. The lowest BCUT2D eigenvalue weighted by Crippen LogP contribution is -2.66. The first-order chi connectivity index (χ1) is 50.8. The van der Waals surface area contributed by atoms with E-state index in [1.807, 2.05) is 6.08 Å². The minimum absolute atomic E-state index is 0.243. The van der Waals surface area contributed by atoms with Crippen LogP contribution in [-0.2, 0) is 33.2 Å². The predicted octanol–water partition coefficient (Wildman–Crippen LogP) is 15.2. The standard InChI is InChI=1S/C85H157NO18/c1-3-5-7-9-11-13-15-17-19-21-23-25-27-29-31-33-35-36-38-40-42-44-46-48-50-52-54-56-58-60-62-69(90)68(86-73(91)63-61-59-57-55-53-51-49-47-45-43-41-39-37-34-32-30-28-26-24-22-20-18-16-14-12-10-8-6-4-2)67-99-83-79(97)76(94)81(71(65-88)101-83)104-85-80(98)77(95)82(72(66-89)102-85)103-84-78(96)75(93)74(92)70(64-87)100-84/h16,18,22,24,28,30,60,62,68-72,74-85,87-90,92-98H,3-15,17,19-21,23,25-27,29,31-59,61,63-67H2,1-2H3,(H,86,91)/b18-16-,24-22-,30-28-,62-60+. The van der Waals surface area contributed by atoms with Gasteiger partial charge in [-0.3, -0.25) is 4.79 Å². The molecule has 0 aromatic carbocycles. The lowest BCUT2D eigenvalue weighted by atomic mass is 9.96. The van der Waals surface area contributed by atoms with Crippen LogP contribution in [0, 0.1) is 0 Å². The van der Waals surface area contributed by atoms with E-state index >= 15 is 0 Å². The highest BCUT2D eigenvalue weighted by Crippen LogP contribution is 2.33. The first-order valence-electron chi connectivity index (χ1n) is 42.9. The minimum atomic E-state index is -1.98. The number of hydrogen-bond donors (Lipinski definition) is 12. The Balaban J connectivity index is 1.36. The number of amides is 1. The summed E-state index contributed by atoms with van der Waals surface area (Å²) in [7, 11) is 0. The molecule has 17 unspecified atom stereocenters. The first-order valence-corrected chi connectivity index (χ1v) is 42.9. The maximum atomic E-state index is 13.5. The summed E-state index contributed by atoms with van der Waals surface area (Å²) in [6, 6.07) is -0.977. The molecular weight excluding hydrogens is 1320 g/mol. The number of carbonyl (C=O) groups is 1. The van der Waals surface area contributed by atoms with E-state index in [0.29, 0.717) is 6.42 Å². The number of nitrogens with one attached hydrogen (secondary N) is 1. The quantitative estimate of drug-likeness (QED) is 0.0199. The van der Waals surface area contributed by atoms with E-state index in [2.05, 4.69) is 55.6 Å². The largest absolute Gasteiger partial charge is 0.394 e. The van der Waals surface area contributed by atoms with E-state index in [0.717, 1.165) is 57.8 Å². The van der Waals surface area contributed by atoms with E-state index in [4.69, 9.17) is 28.4 Å². The molecule has 104 heavy (non-hydrogen) atoms. The number of ether oxygens (including phenoxy) is 6. The molecule has 0 aromatic rings. The molecule has 610 valence electrons. The summed E-state index contributed by atoms with van der Waals surface area (Å²) < 4.78 is 34.5. The van der Waals surface area contributed by atoms with Crippen molar-refractivity contribution in [2.45, 2.75) is 458 Å². The monoisotopic (exact) mass is 1480 g/mol. The predicted molar refractivity (Wildman–Crippen MR) is 416 cm³/mol. The third-order valence-electron chi connectivity index (χ3n) is 21.4. The summed E-state index contributed by atoms with van der Waals surface area (Å²) in [5, 5.41) is 121. The molecule has 0 saturated carbocycles. The average Bonchev–Trinajstić information content (AvgIpc) is 0.781. The highest BCUT2D eigenvalue weighted by molar-refractivity contribution is 5.76. The van der Waals surface area contributed by atoms with E-state index < -0.39 is 124 Å². The molecule has 19 heteroatoms. The average molecular weight is 1480 g/mol.